The summed E-state index contributed by atoms with van der Waals surface area (Å²) >= 11 is 0. The molecule has 0 amide bonds. The molecule has 3 nitrogen and oxygen atoms in total. The monoisotopic (exact) mass is 245 g/mol. The Hall–Kier alpha value is -1.36. The number of rotatable bonds is 7. The smallest absolute Gasteiger partial charge is 0.258 e. The molecule has 0 aromatic heterocycles. The van der Waals surface area contributed by atoms with Crippen LogP contribution in [0.4, 0.5) is 14.5 Å². The molecule has 0 fully saturated rings. The number of hydrogen-bond acceptors (Lipinski definition) is 3. The molecule has 1 unspecified atom stereocenters. The molecule has 1 atom stereocenters. The molecule has 17 heavy (non-hydrogen) atoms. The quantitative estimate of drug-likeness (QED) is 0.749. The van der Waals surface area contributed by atoms with Crippen molar-refractivity contribution in [2.24, 2.45) is 0 Å². The average molecular weight is 245 g/mol. The fourth-order valence-corrected chi connectivity index (χ4v) is 1.22. The van der Waals surface area contributed by atoms with Crippen molar-refractivity contribution in [2.45, 2.75) is 19.4 Å². The van der Waals surface area contributed by atoms with Crippen LogP contribution in [0, 0.1) is 0 Å². The Morgan fingerprint density at radius 3 is 2.35 bits per heavy atom. The molecule has 5 heteroatoms. The Labute approximate surface area is 99.7 Å². The summed E-state index contributed by atoms with van der Waals surface area (Å²) in [6.07, 6.45) is -2.38. The Morgan fingerprint density at radius 1 is 1.18 bits per heavy atom. The van der Waals surface area contributed by atoms with Gasteiger partial charge >= 0.3 is 0 Å². The first-order valence-corrected chi connectivity index (χ1v) is 5.40. The van der Waals surface area contributed by atoms with Crippen molar-refractivity contribution in [3.8, 4) is 5.75 Å². The van der Waals surface area contributed by atoms with Gasteiger partial charge in [0.25, 0.3) is 6.43 Å². The third-order valence-corrected chi connectivity index (χ3v) is 2.18. The molecule has 0 spiro atoms. The summed E-state index contributed by atoms with van der Waals surface area (Å²) < 4.78 is 34.8. The highest BCUT2D eigenvalue weighted by molar-refractivity contribution is 5.47. The van der Waals surface area contributed by atoms with E-state index in [9.17, 15) is 8.78 Å². The predicted octanol–water partition coefficient (Wildman–Crippen LogP) is 2.78. The Morgan fingerprint density at radius 2 is 1.82 bits per heavy atom. The molecule has 1 aromatic carbocycles. The minimum atomic E-state index is -2.38. The number of hydrogen-bond donors (Lipinski definition) is 1. The molecule has 96 valence electrons. The van der Waals surface area contributed by atoms with Gasteiger partial charge in [0.05, 0.1) is 12.6 Å². The Bertz CT molecular complexity index is 317. The lowest BCUT2D eigenvalue weighted by Crippen LogP contribution is -2.23. The zero-order valence-corrected chi connectivity index (χ0v) is 9.95. The maximum absolute atomic E-state index is 12.3. The molecule has 0 saturated carbocycles. The van der Waals surface area contributed by atoms with Gasteiger partial charge < -0.3 is 14.8 Å². The van der Waals surface area contributed by atoms with Crippen molar-refractivity contribution in [2.75, 3.05) is 25.6 Å². The minimum absolute atomic E-state index is 0.469. The third kappa shape index (κ3) is 4.99. The van der Waals surface area contributed by atoms with E-state index in [1.54, 1.807) is 31.4 Å². The normalized spacial score (nSPS) is 12.5. The number of benzene rings is 1. The van der Waals surface area contributed by atoms with Gasteiger partial charge in [0.15, 0.2) is 0 Å². The minimum Gasteiger partial charge on any atom is -0.491 e. The van der Waals surface area contributed by atoms with Gasteiger partial charge in [-0.2, -0.15) is 0 Å². The lowest BCUT2D eigenvalue weighted by Gasteiger charge is -2.14. The van der Waals surface area contributed by atoms with Gasteiger partial charge in [-0.1, -0.05) is 0 Å². The van der Waals surface area contributed by atoms with E-state index in [2.05, 4.69) is 5.32 Å². The molecule has 0 heterocycles. The first kappa shape index (κ1) is 13.7. The van der Waals surface area contributed by atoms with Crippen LogP contribution in [0.25, 0.3) is 0 Å². The number of alkyl halides is 2. The van der Waals surface area contributed by atoms with E-state index < -0.39 is 12.5 Å². The highest BCUT2D eigenvalue weighted by Crippen LogP contribution is 2.17. The molecular formula is C12H17F2NO2. The maximum atomic E-state index is 12.3. The summed E-state index contributed by atoms with van der Waals surface area (Å²) in [5.74, 6) is 0.692. The second-order valence-corrected chi connectivity index (χ2v) is 3.63. The van der Waals surface area contributed by atoms with Crippen LogP contribution < -0.4 is 10.1 Å². The fraction of sp³-hybridized carbons (Fsp3) is 0.500. The van der Waals surface area contributed by atoms with Gasteiger partial charge in [-0.05, 0) is 31.2 Å². The standard InChI is InChI=1S/C12H17F2NO2/c1-9(12(13)14)15-10-3-5-11(6-4-10)17-8-7-16-2/h3-6,9,12,15H,7-8H2,1-2H3. The van der Waals surface area contributed by atoms with E-state index in [0.717, 1.165) is 0 Å². The topological polar surface area (TPSA) is 30.5 Å². The van der Waals surface area contributed by atoms with Gasteiger partial charge in [-0.15, -0.1) is 0 Å². The third-order valence-electron chi connectivity index (χ3n) is 2.18. The molecular weight excluding hydrogens is 228 g/mol. The summed E-state index contributed by atoms with van der Waals surface area (Å²) in [4.78, 5) is 0. The highest BCUT2D eigenvalue weighted by atomic mass is 19.3. The number of anilines is 1. The summed E-state index contributed by atoms with van der Waals surface area (Å²) in [6.45, 7) is 2.42. The van der Waals surface area contributed by atoms with Crippen LogP contribution in [0.3, 0.4) is 0 Å². The van der Waals surface area contributed by atoms with E-state index in [1.165, 1.54) is 6.92 Å². The van der Waals surface area contributed by atoms with Crippen molar-refractivity contribution >= 4 is 5.69 Å². The lowest BCUT2D eigenvalue weighted by molar-refractivity contribution is 0.130. The largest absolute Gasteiger partial charge is 0.491 e. The van der Waals surface area contributed by atoms with E-state index in [4.69, 9.17) is 9.47 Å². The van der Waals surface area contributed by atoms with Crippen LogP contribution in [0.15, 0.2) is 24.3 Å². The molecule has 0 aliphatic carbocycles. The van der Waals surface area contributed by atoms with Crippen molar-refractivity contribution in [3.63, 3.8) is 0 Å². The molecule has 0 bridgehead atoms. The summed E-state index contributed by atoms with van der Waals surface area (Å²) in [5.41, 5.74) is 0.650. The summed E-state index contributed by atoms with van der Waals surface area (Å²) in [6, 6.07) is 6.02. The predicted molar refractivity (Wildman–Crippen MR) is 62.9 cm³/mol. The van der Waals surface area contributed by atoms with Gasteiger partial charge in [-0.3, -0.25) is 0 Å². The Balaban J connectivity index is 2.44. The molecule has 1 rings (SSSR count). The van der Waals surface area contributed by atoms with Crippen LogP contribution in [0.5, 0.6) is 5.75 Å². The number of halogens is 2. The molecule has 0 radical (unpaired) electrons. The highest BCUT2D eigenvalue weighted by Gasteiger charge is 2.13. The van der Waals surface area contributed by atoms with Gasteiger partial charge in [0.2, 0.25) is 0 Å². The van der Waals surface area contributed by atoms with E-state index in [0.29, 0.717) is 24.7 Å². The maximum Gasteiger partial charge on any atom is 0.258 e. The van der Waals surface area contributed by atoms with Gasteiger partial charge in [0.1, 0.15) is 12.4 Å². The van der Waals surface area contributed by atoms with Crippen LogP contribution in [0.2, 0.25) is 0 Å². The molecule has 1 aromatic rings. The SMILES string of the molecule is COCCOc1ccc(NC(C)C(F)F)cc1. The fourth-order valence-electron chi connectivity index (χ4n) is 1.22. The van der Waals surface area contributed by atoms with E-state index in [-0.39, 0.29) is 0 Å². The number of methoxy groups -OCH3 is 1. The van der Waals surface area contributed by atoms with Crippen molar-refractivity contribution in [3.05, 3.63) is 24.3 Å². The van der Waals surface area contributed by atoms with Crippen LogP contribution in [-0.2, 0) is 4.74 Å². The lowest BCUT2D eigenvalue weighted by atomic mass is 10.2. The van der Waals surface area contributed by atoms with Gasteiger partial charge in [0, 0.05) is 12.8 Å². The van der Waals surface area contributed by atoms with E-state index in [1.807, 2.05) is 0 Å². The molecule has 0 saturated heterocycles. The molecule has 0 aliphatic heterocycles. The van der Waals surface area contributed by atoms with Crippen LogP contribution in [-0.4, -0.2) is 32.8 Å². The number of nitrogens with one attached hydrogen (secondary N) is 1. The zero-order valence-electron chi connectivity index (χ0n) is 9.95. The van der Waals surface area contributed by atoms with Crippen LogP contribution >= 0.6 is 0 Å². The van der Waals surface area contributed by atoms with Crippen LogP contribution in [0.1, 0.15) is 6.92 Å². The van der Waals surface area contributed by atoms with Gasteiger partial charge in [-0.25, -0.2) is 8.78 Å². The van der Waals surface area contributed by atoms with Crippen molar-refractivity contribution in [1.82, 2.24) is 0 Å². The summed E-state index contributed by atoms with van der Waals surface area (Å²) in [5, 5.41) is 2.71. The summed E-state index contributed by atoms with van der Waals surface area (Å²) in [7, 11) is 1.60. The molecule has 0 aliphatic rings. The Kier molecular flexibility index (Phi) is 5.69. The first-order valence-electron chi connectivity index (χ1n) is 5.40. The molecule has 1 N–H and O–H groups in total. The second-order valence-electron chi connectivity index (χ2n) is 3.63. The van der Waals surface area contributed by atoms with Crippen molar-refractivity contribution in [1.29, 1.82) is 0 Å². The zero-order chi connectivity index (χ0) is 12.7. The first-order chi connectivity index (χ1) is 8.13. The van der Waals surface area contributed by atoms with Crippen molar-refractivity contribution < 1.29 is 18.3 Å². The average Bonchev–Trinajstić information content (AvgIpc) is 2.31. The number of ether oxygens (including phenoxy) is 2. The second kappa shape index (κ2) is 7.06. The van der Waals surface area contributed by atoms with E-state index >= 15 is 0 Å².